The Bertz CT molecular complexity index is 845. The summed E-state index contributed by atoms with van der Waals surface area (Å²) < 4.78 is 1.85. The quantitative estimate of drug-likeness (QED) is 0.576. The fourth-order valence-electron chi connectivity index (χ4n) is 3.83. The zero-order valence-corrected chi connectivity index (χ0v) is 15.8. The van der Waals surface area contributed by atoms with Crippen molar-refractivity contribution in [3.8, 4) is 0 Å². The van der Waals surface area contributed by atoms with E-state index in [1.54, 1.807) is 6.07 Å². The highest BCUT2D eigenvalue weighted by Crippen LogP contribution is 2.51. The van der Waals surface area contributed by atoms with Crippen LogP contribution in [0.4, 0.5) is 5.69 Å². The average molecular weight is 449 g/mol. The molecule has 0 aromatic heterocycles. The molecule has 0 fully saturated rings. The summed E-state index contributed by atoms with van der Waals surface area (Å²) in [5, 5.41) is 13.1. The maximum Gasteiger partial charge on any atom is 0.337 e. The summed E-state index contributed by atoms with van der Waals surface area (Å²) in [4.78, 5) is 11.7. The number of hydrogen-bond acceptors (Lipinski definition) is 2. The van der Waals surface area contributed by atoms with Crippen molar-refractivity contribution in [3.63, 3.8) is 0 Å². The summed E-state index contributed by atoms with van der Waals surface area (Å²) >= 11 is 6.93. The number of hydrogen-bond donors (Lipinski definition) is 2. The van der Waals surface area contributed by atoms with Gasteiger partial charge in [0.25, 0.3) is 0 Å². The summed E-state index contributed by atoms with van der Waals surface area (Å²) in [5.74, 6) is -0.268. The van der Waals surface area contributed by atoms with Crippen molar-refractivity contribution in [3.05, 3.63) is 74.2 Å². The van der Waals surface area contributed by atoms with Gasteiger partial charge in [0.2, 0.25) is 0 Å². The molecule has 0 saturated carbocycles. The van der Waals surface area contributed by atoms with E-state index in [9.17, 15) is 9.90 Å². The molecule has 3 atom stereocenters. The number of carbonyl (C=O) groups is 1. The number of fused-ring (bicyclic) bond motifs is 3. The van der Waals surface area contributed by atoms with E-state index in [1.165, 1.54) is 5.56 Å². The van der Waals surface area contributed by atoms with Gasteiger partial charge >= 0.3 is 5.97 Å². The zero-order valence-electron chi connectivity index (χ0n) is 12.7. The van der Waals surface area contributed by atoms with E-state index in [4.69, 9.17) is 0 Å². The zero-order chi connectivity index (χ0) is 16.8. The Hall–Kier alpha value is -1.59. The summed E-state index contributed by atoms with van der Waals surface area (Å²) in [5.41, 5.74) is 3.31. The predicted molar refractivity (Wildman–Crippen MR) is 102 cm³/mol. The molecule has 1 aliphatic carbocycles. The van der Waals surface area contributed by atoms with E-state index in [0.717, 1.165) is 26.6 Å². The molecular formula is C19H15Br2NO2. The van der Waals surface area contributed by atoms with Crippen LogP contribution in [0.2, 0.25) is 0 Å². The first-order valence-corrected chi connectivity index (χ1v) is 9.38. The van der Waals surface area contributed by atoms with Crippen LogP contribution >= 0.6 is 31.9 Å². The Kier molecular flexibility index (Phi) is 4.01. The van der Waals surface area contributed by atoms with Crippen LogP contribution in [-0.2, 0) is 0 Å². The lowest BCUT2D eigenvalue weighted by molar-refractivity contribution is 0.0697. The highest BCUT2D eigenvalue weighted by atomic mass is 79.9. The molecule has 5 heteroatoms. The van der Waals surface area contributed by atoms with Gasteiger partial charge in [0.05, 0.1) is 17.3 Å². The topological polar surface area (TPSA) is 49.3 Å². The Balaban J connectivity index is 1.86. The summed E-state index contributed by atoms with van der Waals surface area (Å²) in [7, 11) is 0. The van der Waals surface area contributed by atoms with Gasteiger partial charge < -0.3 is 10.4 Å². The normalized spacial score (nSPS) is 24.2. The standard InChI is InChI=1S/C19H15Br2NO2/c20-11-6-4-10(5-7-11)17-14-3-1-2-13(14)15-8-12(21)9-16(19(23)24)18(15)22-17/h1-2,4-9,13-14,17,22H,3H2,(H,23,24)/t13-,14+,17+/m0/s1. The summed E-state index contributed by atoms with van der Waals surface area (Å²) in [6, 6.07) is 12.1. The molecular weight excluding hydrogens is 434 g/mol. The molecule has 2 aromatic rings. The second-order valence-electron chi connectivity index (χ2n) is 6.25. The minimum Gasteiger partial charge on any atom is -0.478 e. The Morgan fingerprint density at radius 1 is 1.12 bits per heavy atom. The van der Waals surface area contributed by atoms with Crippen LogP contribution in [0, 0.1) is 5.92 Å². The Labute approximate surface area is 157 Å². The molecule has 0 saturated heterocycles. The van der Waals surface area contributed by atoms with Gasteiger partial charge in [-0.3, -0.25) is 0 Å². The van der Waals surface area contributed by atoms with Gasteiger partial charge in [-0.25, -0.2) is 4.79 Å². The van der Waals surface area contributed by atoms with Crippen LogP contribution in [0.15, 0.2) is 57.5 Å². The summed E-state index contributed by atoms with van der Waals surface area (Å²) in [6.07, 6.45) is 5.42. The second-order valence-corrected chi connectivity index (χ2v) is 8.08. The van der Waals surface area contributed by atoms with Crippen molar-refractivity contribution in [2.45, 2.75) is 18.4 Å². The van der Waals surface area contributed by atoms with Crippen molar-refractivity contribution in [2.24, 2.45) is 5.92 Å². The van der Waals surface area contributed by atoms with Crippen molar-refractivity contribution in [1.82, 2.24) is 0 Å². The number of carboxylic acids is 1. The van der Waals surface area contributed by atoms with Crippen molar-refractivity contribution >= 4 is 43.5 Å². The molecule has 24 heavy (non-hydrogen) atoms. The molecule has 1 aliphatic heterocycles. The third-order valence-corrected chi connectivity index (χ3v) is 5.88. The smallest absolute Gasteiger partial charge is 0.337 e. The lowest BCUT2D eigenvalue weighted by atomic mass is 9.76. The Morgan fingerprint density at radius 3 is 2.58 bits per heavy atom. The fourth-order valence-corrected chi connectivity index (χ4v) is 4.57. The van der Waals surface area contributed by atoms with Crippen LogP contribution < -0.4 is 5.32 Å². The minimum atomic E-state index is -0.907. The SMILES string of the molecule is O=C(O)c1cc(Br)cc2c1N[C@H](c1ccc(Br)cc1)[C@@H]1CC=C[C@H]21. The molecule has 2 aliphatic rings. The van der Waals surface area contributed by atoms with Gasteiger partial charge in [-0.2, -0.15) is 0 Å². The summed E-state index contributed by atoms with van der Waals surface area (Å²) in [6.45, 7) is 0. The number of halogens is 2. The number of aromatic carboxylic acids is 1. The van der Waals surface area contributed by atoms with Gasteiger partial charge in [0.15, 0.2) is 0 Å². The average Bonchev–Trinajstić information content (AvgIpc) is 3.04. The largest absolute Gasteiger partial charge is 0.478 e. The van der Waals surface area contributed by atoms with Crippen LogP contribution in [0.5, 0.6) is 0 Å². The minimum absolute atomic E-state index is 0.102. The number of rotatable bonds is 2. The first-order valence-electron chi connectivity index (χ1n) is 7.80. The second kappa shape index (κ2) is 6.05. The van der Waals surface area contributed by atoms with Gasteiger partial charge in [0.1, 0.15) is 0 Å². The van der Waals surface area contributed by atoms with Crippen LogP contribution in [0.3, 0.4) is 0 Å². The highest BCUT2D eigenvalue weighted by Gasteiger charge is 2.39. The third kappa shape index (κ3) is 2.60. The molecule has 2 aromatic carbocycles. The number of anilines is 1. The molecule has 0 spiro atoms. The fraction of sp³-hybridized carbons (Fsp3) is 0.211. The molecule has 1 heterocycles. The third-order valence-electron chi connectivity index (χ3n) is 4.89. The van der Waals surface area contributed by atoms with Gasteiger partial charge in [-0.1, -0.05) is 56.1 Å². The molecule has 0 unspecified atom stereocenters. The maximum atomic E-state index is 11.7. The van der Waals surface area contributed by atoms with E-state index in [0.29, 0.717) is 11.5 Å². The molecule has 0 bridgehead atoms. The molecule has 3 nitrogen and oxygen atoms in total. The van der Waals surface area contributed by atoms with Gasteiger partial charge in [0, 0.05) is 14.9 Å². The monoisotopic (exact) mass is 447 g/mol. The van der Waals surface area contributed by atoms with E-state index < -0.39 is 5.97 Å². The number of carboxylic acid groups (broad SMARTS) is 1. The maximum absolute atomic E-state index is 11.7. The van der Waals surface area contributed by atoms with Crippen molar-refractivity contribution < 1.29 is 9.90 Å². The van der Waals surface area contributed by atoms with E-state index in [1.807, 2.05) is 18.2 Å². The first-order chi connectivity index (χ1) is 11.5. The van der Waals surface area contributed by atoms with Crippen LogP contribution in [0.25, 0.3) is 0 Å². The lowest BCUT2D eigenvalue weighted by Gasteiger charge is -2.38. The van der Waals surface area contributed by atoms with E-state index >= 15 is 0 Å². The van der Waals surface area contributed by atoms with Crippen LogP contribution in [0.1, 0.15) is 39.9 Å². The first kappa shape index (κ1) is 15.9. The van der Waals surface area contributed by atoms with Crippen LogP contribution in [-0.4, -0.2) is 11.1 Å². The van der Waals surface area contributed by atoms with E-state index in [2.05, 4.69) is 61.5 Å². The predicted octanol–water partition coefficient (Wildman–Crippen LogP) is 5.74. The highest BCUT2D eigenvalue weighted by molar-refractivity contribution is 9.10. The number of nitrogens with one attached hydrogen (secondary N) is 1. The lowest BCUT2D eigenvalue weighted by Crippen LogP contribution is -2.30. The van der Waals surface area contributed by atoms with Crippen molar-refractivity contribution in [2.75, 3.05) is 5.32 Å². The molecule has 122 valence electrons. The molecule has 2 N–H and O–H groups in total. The molecule has 4 rings (SSSR count). The van der Waals surface area contributed by atoms with Crippen molar-refractivity contribution in [1.29, 1.82) is 0 Å². The Morgan fingerprint density at radius 2 is 1.88 bits per heavy atom. The number of allylic oxidation sites excluding steroid dienone is 2. The van der Waals surface area contributed by atoms with Gasteiger partial charge in [-0.15, -0.1) is 0 Å². The molecule has 0 radical (unpaired) electrons. The molecule has 0 amide bonds. The number of benzene rings is 2. The van der Waals surface area contributed by atoms with E-state index in [-0.39, 0.29) is 12.0 Å². The van der Waals surface area contributed by atoms with Gasteiger partial charge in [-0.05, 0) is 47.7 Å².